The Morgan fingerprint density at radius 1 is 1.00 bits per heavy atom. The van der Waals surface area contributed by atoms with Crippen LogP contribution < -0.4 is 5.32 Å². The van der Waals surface area contributed by atoms with E-state index in [1.165, 1.54) is 23.5 Å². The smallest absolute Gasteiger partial charge is 0.348 e. The second-order valence-electron chi connectivity index (χ2n) is 6.52. The van der Waals surface area contributed by atoms with Crippen LogP contribution in [-0.4, -0.2) is 15.7 Å². The van der Waals surface area contributed by atoms with E-state index in [4.69, 9.17) is 0 Å². The molecule has 0 saturated heterocycles. The van der Waals surface area contributed by atoms with Gasteiger partial charge in [-0.2, -0.15) is 18.3 Å². The van der Waals surface area contributed by atoms with Crippen molar-refractivity contribution < 1.29 is 18.0 Å². The molecule has 2 aromatic carbocycles. The van der Waals surface area contributed by atoms with Gasteiger partial charge in [0.15, 0.2) is 0 Å². The first kappa shape index (κ1) is 19.9. The van der Waals surface area contributed by atoms with E-state index in [1.54, 1.807) is 4.68 Å². The van der Waals surface area contributed by atoms with Crippen molar-refractivity contribution in [3.8, 4) is 16.3 Å². The molecule has 0 saturated carbocycles. The number of halogens is 3. The number of para-hydroxylation sites is 1. The molecular formula is C22H16F3N3OS. The minimum absolute atomic E-state index is 0.163. The number of nitrogens with one attached hydrogen (secondary N) is 1. The lowest BCUT2D eigenvalue weighted by atomic mass is 10.1. The fourth-order valence-corrected chi connectivity index (χ4v) is 3.71. The van der Waals surface area contributed by atoms with E-state index in [0.717, 1.165) is 34.0 Å². The van der Waals surface area contributed by atoms with Crippen LogP contribution in [-0.2, 0) is 12.7 Å². The summed E-state index contributed by atoms with van der Waals surface area (Å²) in [5.74, 6) is -0.451. The zero-order chi connectivity index (χ0) is 21.1. The molecule has 30 heavy (non-hydrogen) atoms. The van der Waals surface area contributed by atoms with Crippen LogP contribution in [0.15, 0.2) is 78.3 Å². The number of rotatable bonds is 5. The molecule has 152 valence electrons. The predicted molar refractivity (Wildman–Crippen MR) is 109 cm³/mol. The summed E-state index contributed by atoms with van der Waals surface area (Å²) in [5, 5.41) is 9.38. The number of thiophene rings is 1. The molecule has 0 bridgehead atoms. The molecule has 0 aliphatic heterocycles. The Morgan fingerprint density at radius 2 is 1.73 bits per heavy atom. The van der Waals surface area contributed by atoms with E-state index in [2.05, 4.69) is 10.4 Å². The molecule has 1 N–H and O–H groups in total. The maximum atomic E-state index is 12.7. The number of carbonyl (C=O) groups is 1. The number of alkyl halides is 3. The summed E-state index contributed by atoms with van der Waals surface area (Å²) in [5.41, 5.74) is 1.82. The quantitative estimate of drug-likeness (QED) is 0.454. The van der Waals surface area contributed by atoms with Crippen molar-refractivity contribution in [3.05, 3.63) is 95.0 Å². The van der Waals surface area contributed by atoms with E-state index in [9.17, 15) is 18.0 Å². The van der Waals surface area contributed by atoms with Gasteiger partial charge in [-0.05, 0) is 47.8 Å². The standard InChI is InChI=1S/C22H16F3N3OS/c23-22(24,25)17-10-8-15(9-11-17)21(29)26-13-16-14-28(18-5-2-1-3-6-18)27-20(16)19-7-4-12-30-19/h1-12,14H,13H2,(H,26,29). The summed E-state index contributed by atoms with van der Waals surface area (Å²) in [6.45, 7) is 0.194. The van der Waals surface area contributed by atoms with Gasteiger partial charge in [0.2, 0.25) is 0 Å². The first-order chi connectivity index (χ1) is 14.4. The Bertz CT molecular complexity index is 1130. The molecule has 0 radical (unpaired) electrons. The molecule has 2 heterocycles. The lowest BCUT2D eigenvalue weighted by Crippen LogP contribution is -2.23. The number of nitrogens with zero attached hydrogens (tertiary/aromatic N) is 2. The summed E-state index contributed by atoms with van der Waals surface area (Å²) in [7, 11) is 0. The van der Waals surface area contributed by atoms with Crippen LogP contribution in [0.2, 0.25) is 0 Å². The zero-order valence-electron chi connectivity index (χ0n) is 15.6. The van der Waals surface area contributed by atoms with Crippen LogP contribution in [0.25, 0.3) is 16.3 Å². The molecule has 0 fully saturated rings. The molecule has 2 aromatic heterocycles. The van der Waals surface area contributed by atoms with Crippen molar-refractivity contribution >= 4 is 17.2 Å². The van der Waals surface area contributed by atoms with Crippen molar-refractivity contribution in [1.29, 1.82) is 0 Å². The molecular weight excluding hydrogens is 411 g/mol. The summed E-state index contributed by atoms with van der Waals surface area (Å²) < 4.78 is 39.9. The second kappa shape index (κ2) is 8.16. The van der Waals surface area contributed by atoms with Crippen molar-refractivity contribution in [2.75, 3.05) is 0 Å². The fourth-order valence-electron chi connectivity index (χ4n) is 2.96. The van der Waals surface area contributed by atoms with E-state index in [-0.39, 0.29) is 12.1 Å². The lowest BCUT2D eigenvalue weighted by Gasteiger charge is -2.08. The van der Waals surface area contributed by atoms with Crippen LogP contribution in [0.1, 0.15) is 21.5 Å². The summed E-state index contributed by atoms with van der Waals surface area (Å²) >= 11 is 1.54. The molecule has 0 atom stereocenters. The third-order valence-corrected chi connectivity index (χ3v) is 5.36. The van der Waals surface area contributed by atoms with E-state index in [0.29, 0.717) is 0 Å². The third kappa shape index (κ3) is 4.28. The molecule has 4 rings (SSSR count). The molecule has 4 aromatic rings. The van der Waals surface area contributed by atoms with Crippen LogP contribution in [0.4, 0.5) is 13.2 Å². The van der Waals surface area contributed by atoms with Gasteiger partial charge in [-0.1, -0.05) is 24.3 Å². The molecule has 0 aliphatic rings. The van der Waals surface area contributed by atoms with Crippen LogP contribution >= 0.6 is 11.3 Å². The number of amides is 1. The normalized spacial score (nSPS) is 11.4. The van der Waals surface area contributed by atoms with Crippen molar-refractivity contribution in [1.82, 2.24) is 15.1 Å². The second-order valence-corrected chi connectivity index (χ2v) is 7.47. The molecule has 0 unspecified atom stereocenters. The van der Waals surface area contributed by atoms with Gasteiger partial charge in [-0.3, -0.25) is 4.79 Å². The Kier molecular flexibility index (Phi) is 5.41. The number of hydrogen-bond donors (Lipinski definition) is 1. The van der Waals surface area contributed by atoms with Gasteiger partial charge in [0.25, 0.3) is 5.91 Å². The maximum absolute atomic E-state index is 12.7. The largest absolute Gasteiger partial charge is 0.416 e. The molecule has 4 nitrogen and oxygen atoms in total. The first-order valence-corrected chi connectivity index (χ1v) is 9.93. The number of aromatic nitrogens is 2. The molecule has 8 heteroatoms. The number of carbonyl (C=O) groups excluding carboxylic acids is 1. The van der Waals surface area contributed by atoms with Gasteiger partial charge in [0.1, 0.15) is 5.69 Å². The maximum Gasteiger partial charge on any atom is 0.416 e. The van der Waals surface area contributed by atoms with Gasteiger partial charge >= 0.3 is 6.18 Å². The monoisotopic (exact) mass is 427 g/mol. The minimum atomic E-state index is -4.43. The lowest BCUT2D eigenvalue weighted by molar-refractivity contribution is -0.137. The number of hydrogen-bond acceptors (Lipinski definition) is 3. The molecule has 1 amide bonds. The predicted octanol–water partition coefficient (Wildman–Crippen LogP) is 5.55. The van der Waals surface area contributed by atoms with Crippen molar-refractivity contribution in [3.63, 3.8) is 0 Å². The van der Waals surface area contributed by atoms with Crippen molar-refractivity contribution in [2.45, 2.75) is 12.7 Å². The van der Waals surface area contributed by atoms with Crippen LogP contribution in [0.5, 0.6) is 0 Å². The topological polar surface area (TPSA) is 46.9 Å². The highest BCUT2D eigenvalue weighted by Gasteiger charge is 2.30. The van der Waals surface area contributed by atoms with Gasteiger partial charge in [0.05, 0.1) is 16.1 Å². The Hall–Kier alpha value is -3.39. The number of benzene rings is 2. The fraction of sp³-hybridized carbons (Fsp3) is 0.0909. The van der Waals surface area contributed by atoms with Crippen LogP contribution in [0, 0.1) is 0 Å². The first-order valence-electron chi connectivity index (χ1n) is 9.05. The average Bonchev–Trinajstić information content (AvgIpc) is 3.42. The SMILES string of the molecule is O=C(NCc1cn(-c2ccccc2)nc1-c1cccs1)c1ccc(C(F)(F)F)cc1. The minimum Gasteiger partial charge on any atom is -0.348 e. The highest BCUT2D eigenvalue weighted by Crippen LogP contribution is 2.29. The Balaban J connectivity index is 1.55. The third-order valence-electron chi connectivity index (χ3n) is 4.48. The van der Waals surface area contributed by atoms with E-state index in [1.807, 2.05) is 54.0 Å². The van der Waals surface area contributed by atoms with E-state index >= 15 is 0 Å². The summed E-state index contributed by atoms with van der Waals surface area (Å²) in [6.07, 6.45) is -2.59. The van der Waals surface area contributed by atoms with Gasteiger partial charge in [0, 0.05) is 23.9 Å². The van der Waals surface area contributed by atoms with E-state index < -0.39 is 17.6 Å². The van der Waals surface area contributed by atoms with Gasteiger partial charge in [-0.25, -0.2) is 4.68 Å². The molecule has 0 spiro atoms. The summed E-state index contributed by atoms with van der Waals surface area (Å²) in [4.78, 5) is 13.4. The highest BCUT2D eigenvalue weighted by atomic mass is 32.1. The van der Waals surface area contributed by atoms with Crippen molar-refractivity contribution in [2.24, 2.45) is 0 Å². The van der Waals surface area contributed by atoms with Gasteiger partial charge in [-0.15, -0.1) is 11.3 Å². The zero-order valence-corrected chi connectivity index (χ0v) is 16.4. The Labute approximate surface area is 174 Å². The van der Waals surface area contributed by atoms with Gasteiger partial charge < -0.3 is 5.32 Å². The van der Waals surface area contributed by atoms with Crippen LogP contribution in [0.3, 0.4) is 0 Å². The summed E-state index contributed by atoms with van der Waals surface area (Å²) in [6, 6.07) is 17.6. The molecule has 0 aliphatic carbocycles. The average molecular weight is 427 g/mol. The highest BCUT2D eigenvalue weighted by molar-refractivity contribution is 7.13. The Morgan fingerprint density at radius 3 is 2.37 bits per heavy atom.